The number of benzene rings is 1. The van der Waals surface area contributed by atoms with Crippen molar-refractivity contribution in [3.63, 3.8) is 0 Å². The first-order valence-corrected chi connectivity index (χ1v) is 5.99. The topological polar surface area (TPSA) is 63.3 Å². The Bertz CT molecular complexity index is 437. The van der Waals surface area contributed by atoms with Gasteiger partial charge in [-0.25, -0.2) is 4.39 Å². The van der Waals surface area contributed by atoms with Crippen LogP contribution in [0.3, 0.4) is 0 Å². The van der Waals surface area contributed by atoms with Crippen LogP contribution in [0.5, 0.6) is 0 Å². The summed E-state index contributed by atoms with van der Waals surface area (Å²) in [5.41, 5.74) is 5.86. The van der Waals surface area contributed by atoms with Crippen LogP contribution < -0.4 is 5.73 Å². The van der Waals surface area contributed by atoms with E-state index < -0.39 is 11.4 Å². The van der Waals surface area contributed by atoms with Gasteiger partial charge in [-0.1, -0.05) is 13.0 Å². The van der Waals surface area contributed by atoms with Crippen molar-refractivity contribution in [2.75, 3.05) is 0 Å². The molecule has 3 N–H and O–H groups in total. The largest absolute Gasteiger partial charge is 0.481 e. The number of rotatable bonds is 4. The molecule has 0 radical (unpaired) electrons. The van der Waals surface area contributed by atoms with Crippen molar-refractivity contribution < 1.29 is 14.3 Å². The molecule has 3 nitrogen and oxygen atoms in total. The molecule has 0 aliphatic heterocycles. The lowest BCUT2D eigenvalue weighted by Crippen LogP contribution is -2.42. The lowest BCUT2D eigenvalue weighted by atomic mass is 9.74. The fraction of sp³-hybridized carbons (Fsp3) is 0.417. The molecule has 0 saturated heterocycles. The highest BCUT2D eigenvalue weighted by Gasteiger charge is 2.34. The van der Waals surface area contributed by atoms with Gasteiger partial charge in [0.2, 0.25) is 0 Å². The van der Waals surface area contributed by atoms with Crippen molar-refractivity contribution in [1.29, 1.82) is 0 Å². The highest BCUT2D eigenvalue weighted by molar-refractivity contribution is 9.10. The summed E-state index contributed by atoms with van der Waals surface area (Å²) >= 11 is 3.09. The van der Waals surface area contributed by atoms with E-state index in [9.17, 15) is 9.18 Å². The SMILES string of the molecule is CC(N)C(C)(CC(=O)O)c1ccc(F)c(Br)c1. The summed E-state index contributed by atoms with van der Waals surface area (Å²) in [6.07, 6.45) is -0.0945. The third kappa shape index (κ3) is 3.04. The fourth-order valence-corrected chi connectivity index (χ4v) is 2.07. The smallest absolute Gasteiger partial charge is 0.304 e. The highest BCUT2D eigenvalue weighted by atomic mass is 79.9. The molecule has 0 aromatic heterocycles. The average molecular weight is 304 g/mol. The first-order chi connectivity index (χ1) is 7.77. The molecule has 94 valence electrons. The van der Waals surface area contributed by atoms with Crippen LogP contribution in [0.15, 0.2) is 22.7 Å². The summed E-state index contributed by atoms with van der Waals surface area (Å²) in [7, 11) is 0. The van der Waals surface area contributed by atoms with Gasteiger partial charge in [0, 0.05) is 11.5 Å². The van der Waals surface area contributed by atoms with Gasteiger partial charge in [0.1, 0.15) is 5.82 Å². The number of carboxylic acid groups (broad SMARTS) is 1. The standard InChI is InChI=1S/C12H15BrFNO2/c1-7(15)12(2,6-11(16)17)8-3-4-10(14)9(13)5-8/h3-5,7H,6,15H2,1-2H3,(H,16,17). The van der Waals surface area contributed by atoms with Crippen LogP contribution in [-0.4, -0.2) is 17.1 Å². The second-order valence-electron chi connectivity index (χ2n) is 4.41. The average Bonchev–Trinajstić information content (AvgIpc) is 2.20. The van der Waals surface area contributed by atoms with Gasteiger partial charge in [-0.15, -0.1) is 0 Å². The molecule has 0 saturated carbocycles. The van der Waals surface area contributed by atoms with Gasteiger partial charge in [-0.2, -0.15) is 0 Å². The second kappa shape index (κ2) is 5.14. The number of halogens is 2. The van der Waals surface area contributed by atoms with Gasteiger partial charge in [-0.05, 0) is 40.5 Å². The van der Waals surface area contributed by atoms with Gasteiger partial charge in [0.05, 0.1) is 10.9 Å². The minimum atomic E-state index is -0.926. The Morgan fingerprint density at radius 3 is 2.65 bits per heavy atom. The first-order valence-electron chi connectivity index (χ1n) is 5.20. The van der Waals surface area contributed by atoms with Crippen LogP contribution in [0.25, 0.3) is 0 Å². The molecule has 17 heavy (non-hydrogen) atoms. The summed E-state index contributed by atoms with van der Waals surface area (Å²) in [5.74, 6) is -1.30. The number of carbonyl (C=O) groups is 1. The molecule has 1 rings (SSSR count). The molecule has 2 unspecified atom stereocenters. The molecular formula is C12H15BrFNO2. The van der Waals surface area contributed by atoms with Gasteiger partial charge < -0.3 is 10.8 Å². The van der Waals surface area contributed by atoms with Crippen molar-refractivity contribution in [2.24, 2.45) is 5.73 Å². The number of carboxylic acids is 1. The molecule has 0 bridgehead atoms. The normalized spacial score (nSPS) is 16.3. The molecule has 0 heterocycles. The minimum absolute atomic E-state index is 0.0945. The molecule has 2 atom stereocenters. The van der Waals surface area contributed by atoms with Gasteiger partial charge in [0.15, 0.2) is 0 Å². The van der Waals surface area contributed by atoms with E-state index in [2.05, 4.69) is 15.9 Å². The Kier molecular flexibility index (Phi) is 4.27. The maximum absolute atomic E-state index is 13.2. The zero-order valence-corrected chi connectivity index (χ0v) is 11.3. The third-order valence-corrected chi connectivity index (χ3v) is 3.71. The van der Waals surface area contributed by atoms with E-state index in [1.165, 1.54) is 6.07 Å². The van der Waals surface area contributed by atoms with Crippen molar-refractivity contribution in [3.8, 4) is 0 Å². The summed E-state index contributed by atoms with van der Waals surface area (Å²) in [5, 5.41) is 8.94. The van der Waals surface area contributed by atoms with Crippen molar-refractivity contribution >= 4 is 21.9 Å². The zero-order valence-electron chi connectivity index (χ0n) is 9.71. The number of aliphatic carboxylic acids is 1. The monoisotopic (exact) mass is 303 g/mol. The lowest BCUT2D eigenvalue weighted by molar-refractivity contribution is -0.138. The molecular weight excluding hydrogens is 289 g/mol. The number of hydrogen-bond donors (Lipinski definition) is 2. The minimum Gasteiger partial charge on any atom is -0.481 e. The third-order valence-electron chi connectivity index (χ3n) is 3.10. The molecule has 5 heteroatoms. The van der Waals surface area contributed by atoms with E-state index in [1.54, 1.807) is 26.0 Å². The maximum atomic E-state index is 13.2. The van der Waals surface area contributed by atoms with Crippen LogP contribution in [0, 0.1) is 5.82 Å². The zero-order chi connectivity index (χ0) is 13.2. The molecule has 1 aromatic rings. The summed E-state index contributed by atoms with van der Waals surface area (Å²) in [6, 6.07) is 4.12. The lowest BCUT2D eigenvalue weighted by Gasteiger charge is -2.32. The number of nitrogens with two attached hydrogens (primary N) is 1. The summed E-state index contributed by atoms with van der Waals surface area (Å²) in [6.45, 7) is 3.52. The van der Waals surface area contributed by atoms with E-state index >= 15 is 0 Å². The van der Waals surface area contributed by atoms with Crippen molar-refractivity contribution in [1.82, 2.24) is 0 Å². The van der Waals surface area contributed by atoms with Crippen LogP contribution in [0.1, 0.15) is 25.8 Å². The first kappa shape index (κ1) is 14.1. The molecule has 0 spiro atoms. The second-order valence-corrected chi connectivity index (χ2v) is 5.26. The van der Waals surface area contributed by atoms with E-state index in [1.807, 2.05) is 0 Å². The maximum Gasteiger partial charge on any atom is 0.304 e. The Morgan fingerprint density at radius 1 is 1.65 bits per heavy atom. The van der Waals surface area contributed by atoms with Gasteiger partial charge in [0.25, 0.3) is 0 Å². The van der Waals surface area contributed by atoms with E-state index in [-0.39, 0.29) is 18.3 Å². The quantitative estimate of drug-likeness (QED) is 0.899. The van der Waals surface area contributed by atoms with E-state index in [4.69, 9.17) is 10.8 Å². The van der Waals surface area contributed by atoms with Crippen LogP contribution in [0.4, 0.5) is 4.39 Å². The Morgan fingerprint density at radius 2 is 2.24 bits per heavy atom. The Labute approximate surface area is 108 Å². The van der Waals surface area contributed by atoms with Gasteiger partial charge in [-0.3, -0.25) is 4.79 Å². The molecule has 0 aliphatic rings. The van der Waals surface area contributed by atoms with Crippen LogP contribution in [-0.2, 0) is 10.2 Å². The van der Waals surface area contributed by atoms with Gasteiger partial charge >= 0.3 is 5.97 Å². The molecule has 0 fully saturated rings. The predicted molar refractivity (Wildman–Crippen MR) is 67.4 cm³/mol. The number of hydrogen-bond acceptors (Lipinski definition) is 2. The predicted octanol–water partition coefficient (Wildman–Crippen LogP) is 2.67. The Hall–Kier alpha value is -0.940. The molecule has 1 aromatic carbocycles. The van der Waals surface area contributed by atoms with Crippen LogP contribution >= 0.6 is 15.9 Å². The van der Waals surface area contributed by atoms with Crippen LogP contribution in [0.2, 0.25) is 0 Å². The molecule has 0 aliphatic carbocycles. The summed E-state index contributed by atoms with van der Waals surface area (Å²) < 4.78 is 13.5. The highest BCUT2D eigenvalue weighted by Crippen LogP contribution is 2.33. The van der Waals surface area contributed by atoms with Crippen molar-refractivity contribution in [2.45, 2.75) is 31.7 Å². The van der Waals surface area contributed by atoms with Crippen molar-refractivity contribution in [3.05, 3.63) is 34.1 Å². The summed E-state index contributed by atoms with van der Waals surface area (Å²) in [4.78, 5) is 10.9. The van der Waals surface area contributed by atoms with E-state index in [0.717, 1.165) is 0 Å². The Balaban J connectivity index is 3.22. The molecule has 0 amide bonds. The fourth-order valence-electron chi connectivity index (χ4n) is 1.69. The van der Waals surface area contributed by atoms with E-state index in [0.29, 0.717) is 10.0 Å².